The molecule has 2 N–H and O–H groups in total. The zero-order valence-corrected chi connectivity index (χ0v) is 17.6. The van der Waals surface area contributed by atoms with Gasteiger partial charge in [0.2, 0.25) is 0 Å². The number of carbonyl (C=O) groups excluding carboxylic acids is 2. The number of nitrogens with zero attached hydrogens (tertiary/aromatic N) is 3. The minimum absolute atomic E-state index is 0.111. The van der Waals surface area contributed by atoms with E-state index < -0.39 is 11.9 Å². The number of amides is 1. The van der Waals surface area contributed by atoms with Gasteiger partial charge < -0.3 is 15.2 Å². The van der Waals surface area contributed by atoms with Crippen LogP contribution in [0.5, 0.6) is 5.75 Å². The van der Waals surface area contributed by atoms with Gasteiger partial charge in [-0.05, 0) is 37.1 Å². The van der Waals surface area contributed by atoms with Crippen molar-refractivity contribution >= 4 is 39.9 Å². The molecular formula is C22H19ClN4O4. The van der Waals surface area contributed by atoms with Gasteiger partial charge in [0.1, 0.15) is 12.4 Å². The molecule has 0 bridgehead atoms. The second kappa shape index (κ2) is 8.23. The Labute approximate surface area is 182 Å². The Morgan fingerprint density at radius 3 is 2.65 bits per heavy atom. The maximum absolute atomic E-state index is 12.9. The predicted molar refractivity (Wildman–Crippen MR) is 116 cm³/mol. The molecule has 2 aromatic carbocycles. The fourth-order valence-corrected chi connectivity index (χ4v) is 3.60. The molecule has 4 rings (SSSR count). The fourth-order valence-electron chi connectivity index (χ4n) is 3.47. The van der Waals surface area contributed by atoms with E-state index in [2.05, 4.69) is 15.4 Å². The van der Waals surface area contributed by atoms with Crippen molar-refractivity contribution in [3.8, 4) is 16.9 Å². The molecule has 2 heterocycles. The summed E-state index contributed by atoms with van der Waals surface area (Å²) in [4.78, 5) is 29.0. The van der Waals surface area contributed by atoms with Gasteiger partial charge in [-0.2, -0.15) is 5.10 Å². The van der Waals surface area contributed by atoms with Crippen LogP contribution in [0.4, 0.5) is 0 Å². The Balaban J connectivity index is 1.92. The van der Waals surface area contributed by atoms with Crippen LogP contribution in [0.25, 0.3) is 27.5 Å². The Kier molecular flexibility index (Phi) is 5.48. The van der Waals surface area contributed by atoms with Crippen molar-refractivity contribution in [2.24, 2.45) is 0 Å². The third kappa shape index (κ3) is 3.77. The van der Waals surface area contributed by atoms with E-state index in [9.17, 15) is 14.7 Å². The van der Waals surface area contributed by atoms with Crippen molar-refractivity contribution in [3.63, 3.8) is 0 Å². The fraction of sp³-hybridized carbons (Fsp3) is 0.182. The van der Waals surface area contributed by atoms with Crippen LogP contribution < -0.4 is 5.32 Å². The number of ether oxygens (including phenoxy) is 1. The topological polar surface area (TPSA) is 106 Å². The first-order chi connectivity index (χ1) is 14.9. The minimum atomic E-state index is -0.667. The van der Waals surface area contributed by atoms with Crippen LogP contribution >= 0.6 is 11.6 Å². The molecule has 0 spiro atoms. The molecule has 4 aromatic rings. The number of carbonyl (C=O) groups is 2. The zero-order valence-electron chi connectivity index (χ0n) is 16.8. The van der Waals surface area contributed by atoms with Gasteiger partial charge in [0.15, 0.2) is 17.1 Å². The number of pyridine rings is 1. The Hall–Kier alpha value is -3.65. The van der Waals surface area contributed by atoms with Gasteiger partial charge in [-0.15, -0.1) is 0 Å². The van der Waals surface area contributed by atoms with E-state index in [1.165, 1.54) is 4.52 Å². The van der Waals surface area contributed by atoms with E-state index in [1.807, 2.05) is 18.2 Å². The van der Waals surface area contributed by atoms with Crippen molar-refractivity contribution in [2.45, 2.75) is 13.8 Å². The lowest BCUT2D eigenvalue weighted by atomic mass is 9.98. The van der Waals surface area contributed by atoms with Crippen LogP contribution in [0, 0.1) is 6.92 Å². The van der Waals surface area contributed by atoms with Crippen LogP contribution in [0.15, 0.2) is 42.5 Å². The van der Waals surface area contributed by atoms with Gasteiger partial charge in [0.05, 0.1) is 6.61 Å². The minimum Gasteiger partial charge on any atom is -0.505 e. The number of aryl methyl sites for hydroxylation is 1. The number of aromatic hydroxyl groups is 1. The first kappa shape index (κ1) is 20.6. The Bertz CT molecular complexity index is 1320. The number of nitrogens with one attached hydrogen (secondary N) is 1. The van der Waals surface area contributed by atoms with E-state index in [-0.39, 0.29) is 24.6 Å². The van der Waals surface area contributed by atoms with Gasteiger partial charge in [0.25, 0.3) is 5.91 Å². The van der Waals surface area contributed by atoms with E-state index in [0.29, 0.717) is 27.3 Å². The van der Waals surface area contributed by atoms with Crippen LogP contribution in [0.2, 0.25) is 5.02 Å². The predicted octanol–water partition coefficient (Wildman–Crippen LogP) is 3.51. The maximum Gasteiger partial charge on any atom is 0.325 e. The lowest BCUT2D eigenvalue weighted by Gasteiger charge is -2.14. The highest BCUT2D eigenvalue weighted by Gasteiger charge is 2.24. The molecule has 0 saturated heterocycles. The average Bonchev–Trinajstić information content (AvgIpc) is 3.13. The molecule has 0 unspecified atom stereocenters. The molecule has 0 radical (unpaired) electrons. The summed E-state index contributed by atoms with van der Waals surface area (Å²) < 4.78 is 6.13. The molecule has 9 heteroatoms. The van der Waals surface area contributed by atoms with Crippen LogP contribution in [-0.4, -0.2) is 44.7 Å². The molecule has 0 aliphatic rings. The SMILES string of the molecule is CCOC(=O)CNC(=O)c1c(O)c2cccc(-c3ccc(Cl)cc3)c2c2nc(C)nn12. The molecule has 0 aliphatic carbocycles. The molecule has 0 aliphatic heterocycles. The summed E-state index contributed by atoms with van der Waals surface area (Å²) >= 11 is 6.02. The lowest BCUT2D eigenvalue weighted by molar-refractivity contribution is -0.141. The zero-order chi connectivity index (χ0) is 22.1. The summed E-state index contributed by atoms with van der Waals surface area (Å²) in [6, 6.07) is 12.7. The summed E-state index contributed by atoms with van der Waals surface area (Å²) in [6.07, 6.45) is 0. The highest BCUT2D eigenvalue weighted by Crippen LogP contribution is 2.38. The monoisotopic (exact) mass is 438 g/mol. The molecule has 8 nitrogen and oxygen atoms in total. The van der Waals surface area contributed by atoms with Crippen LogP contribution in [0.1, 0.15) is 23.2 Å². The first-order valence-electron chi connectivity index (χ1n) is 9.61. The summed E-state index contributed by atoms with van der Waals surface area (Å²) in [6.45, 7) is 3.25. The summed E-state index contributed by atoms with van der Waals surface area (Å²) in [7, 11) is 0. The molecule has 2 aromatic heterocycles. The normalized spacial score (nSPS) is 11.1. The number of benzene rings is 2. The van der Waals surface area contributed by atoms with Gasteiger partial charge >= 0.3 is 5.97 Å². The third-order valence-electron chi connectivity index (χ3n) is 4.76. The summed E-state index contributed by atoms with van der Waals surface area (Å²) in [5.74, 6) is -1.08. The molecule has 0 atom stereocenters. The number of rotatable bonds is 5. The smallest absolute Gasteiger partial charge is 0.325 e. The van der Waals surface area contributed by atoms with Crippen molar-refractivity contribution in [1.29, 1.82) is 0 Å². The van der Waals surface area contributed by atoms with Crippen molar-refractivity contribution in [1.82, 2.24) is 19.9 Å². The molecule has 158 valence electrons. The van der Waals surface area contributed by atoms with Gasteiger partial charge in [0, 0.05) is 15.8 Å². The Morgan fingerprint density at radius 2 is 1.94 bits per heavy atom. The largest absolute Gasteiger partial charge is 0.505 e. The number of hydrogen-bond acceptors (Lipinski definition) is 6. The number of aromatic nitrogens is 3. The number of hydrogen-bond donors (Lipinski definition) is 2. The van der Waals surface area contributed by atoms with Crippen molar-refractivity contribution in [2.75, 3.05) is 13.2 Å². The summed E-state index contributed by atoms with van der Waals surface area (Å²) in [5, 5.41) is 19.5. The van der Waals surface area contributed by atoms with Crippen molar-refractivity contribution < 1.29 is 19.4 Å². The van der Waals surface area contributed by atoms with Crippen LogP contribution in [-0.2, 0) is 9.53 Å². The number of fused-ring (bicyclic) bond motifs is 3. The lowest BCUT2D eigenvalue weighted by Crippen LogP contribution is -2.32. The molecule has 0 saturated carbocycles. The van der Waals surface area contributed by atoms with E-state index in [0.717, 1.165) is 11.1 Å². The average molecular weight is 439 g/mol. The maximum atomic E-state index is 12.9. The highest BCUT2D eigenvalue weighted by atomic mass is 35.5. The second-order valence-electron chi connectivity index (χ2n) is 6.81. The molecule has 1 amide bonds. The standard InChI is InChI=1S/C22H19ClN4O4/c1-3-31-17(28)11-24-22(30)19-20(29)16-6-4-5-15(13-7-9-14(23)10-8-13)18(16)21-25-12(2)26-27(19)21/h4-10,29H,3,11H2,1-2H3,(H,24,30). The third-order valence-corrected chi connectivity index (χ3v) is 5.01. The highest BCUT2D eigenvalue weighted by molar-refractivity contribution is 6.30. The number of halogens is 1. The van der Waals surface area contributed by atoms with Crippen LogP contribution in [0.3, 0.4) is 0 Å². The molecular weight excluding hydrogens is 420 g/mol. The first-order valence-corrected chi connectivity index (χ1v) is 9.99. The summed E-state index contributed by atoms with van der Waals surface area (Å²) in [5.41, 5.74) is 1.98. The quantitative estimate of drug-likeness (QED) is 0.462. The van der Waals surface area contributed by atoms with Gasteiger partial charge in [-0.25, -0.2) is 9.50 Å². The Morgan fingerprint density at radius 1 is 1.19 bits per heavy atom. The van der Waals surface area contributed by atoms with Gasteiger partial charge in [-0.1, -0.05) is 41.9 Å². The molecule has 31 heavy (non-hydrogen) atoms. The van der Waals surface area contributed by atoms with Gasteiger partial charge in [-0.3, -0.25) is 9.59 Å². The van der Waals surface area contributed by atoms with E-state index in [4.69, 9.17) is 16.3 Å². The van der Waals surface area contributed by atoms with E-state index in [1.54, 1.807) is 38.1 Å². The second-order valence-corrected chi connectivity index (χ2v) is 7.25. The number of esters is 1. The molecule has 0 fully saturated rings. The van der Waals surface area contributed by atoms with Crippen molar-refractivity contribution in [3.05, 3.63) is 59.0 Å². The van der Waals surface area contributed by atoms with E-state index >= 15 is 0 Å².